The number of nitrogens with zero attached hydrogens (tertiary/aromatic N) is 2. The monoisotopic (exact) mass is 370 g/mol. The van der Waals surface area contributed by atoms with Crippen molar-refractivity contribution in [3.8, 4) is 11.1 Å². The minimum absolute atomic E-state index is 0.344. The first kappa shape index (κ1) is 17.4. The summed E-state index contributed by atoms with van der Waals surface area (Å²) in [6.07, 6.45) is 1.93. The SMILES string of the molecule is Cc1nc2cc(C3CCOCC3)cc(-c3ccc(Cl)cc3F)c2nc1C. The van der Waals surface area contributed by atoms with Crippen molar-refractivity contribution in [3.05, 3.63) is 58.1 Å². The summed E-state index contributed by atoms with van der Waals surface area (Å²) >= 11 is 5.94. The van der Waals surface area contributed by atoms with Gasteiger partial charge in [-0.3, -0.25) is 0 Å². The molecule has 2 heterocycles. The lowest BCUT2D eigenvalue weighted by atomic mass is 9.88. The lowest BCUT2D eigenvalue weighted by Gasteiger charge is -2.23. The molecule has 3 nitrogen and oxygen atoms in total. The zero-order chi connectivity index (χ0) is 18.3. The van der Waals surface area contributed by atoms with Gasteiger partial charge < -0.3 is 4.74 Å². The van der Waals surface area contributed by atoms with E-state index in [1.54, 1.807) is 12.1 Å². The highest BCUT2D eigenvalue weighted by Crippen LogP contribution is 2.36. The van der Waals surface area contributed by atoms with Crippen molar-refractivity contribution in [1.29, 1.82) is 0 Å². The molecule has 0 aliphatic carbocycles. The van der Waals surface area contributed by atoms with Crippen molar-refractivity contribution >= 4 is 22.6 Å². The Morgan fingerprint density at radius 2 is 1.73 bits per heavy atom. The summed E-state index contributed by atoms with van der Waals surface area (Å²) in [6, 6.07) is 8.94. The summed E-state index contributed by atoms with van der Waals surface area (Å²) in [4.78, 5) is 9.44. The van der Waals surface area contributed by atoms with Crippen LogP contribution in [0.1, 0.15) is 35.7 Å². The predicted octanol–water partition coefficient (Wildman–Crippen LogP) is 5.60. The molecular weight excluding hydrogens is 351 g/mol. The van der Waals surface area contributed by atoms with E-state index in [9.17, 15) is 4.39 Å². The Bertz CT molecular complexity index is 983. The molecule has 0 bridgehead atoms. The standard InChI is InChI=1S/C21H20ClFN2O/c1-12-13(2)25-21-18(17-4-3-16(22)11-19(17)23)9-15(10-20(21)24-12)14-5-7-26-8-6-14/h3-4,9-11,14H,5-8H2,1-2H3. The second-order valence-electron chi connectivity index (χ2n) is 6.84. The Morgan fingerprint density at radius 1 is 1.00 bits per heavy atom. The lowest BCUT2D eigenvalue weighted by molar-refractivity contribution is 0.0853. The molecule has 134 valence electrons. The van der Waals surface area contributed by atoms with Crippen molar-refractivity contribution < 1.29 is 9.13 Å². The van der Waals surface area contributed by atoms with E-state index in [1.165, 1.54) is 11.6 Å². The highest BCUT2D eigenvalue weighted by Gasteiger charge is 2.20. The maximum Gasteiger partial charge on any atom is 0.132 e. The number of hydrogen-bond donors (Lipinski definition) is 0. The first-order valence-corrected chi connectivity index (χ1v) is 9.23. The number of hydrogen-bond acceptors (Lipinski definition) is 3. The van der Waals surface area contributed by atoms with Gasteiger partial charge in [0.25, 0.3) is 0 Å². The first-order chi connectivity index (χ1) is 12.5. The number of aromatic nitrogens is 2. The fourth-order valence-corrected chi connectivity index (χ4v) is 3.69. The Balaban J connectivity index is 1.97. The second-order valence-corrected chi connectivity index (χ2v) is 7.28. The summed E-state index contributed by atoms with van der Waals surface area (Å²) in [6.45, 7) is 5.39. The average molecular weight is 371 g/mol. The summed E-state index contributed by atoms with van der Waals surface area (Å²) in [5, 5.41) is 0.384. The number of fused-ring (bicyclic) bond motifs is 1. The van der Waals surface area contributed by atoms with Crippen molar-refractivity contribution in [1.82, 2.24) is 9.97 Å². The normalized spacial score (nSPS) is 15.5. The van der Waals surface area contributed by atoms with Gasteiger partial charge >= 0.3 is 0 Å². The lowest BCUT2D eigenvalue weighted by Crippen LogP contribution is -2.14. The topological polar surface area (TPSA) is 35.0 Å². The maximum absolute atomic E-state index is 14.7. The number of benzene rings is 2. The van der Waals surface area contributed by atoms with Crippen molar-refractivity contribution in [2.45, 2.75) is 32.6 Å². The minimum atomic E-state index is -0.344. The van der Waals surface area contributed by atoms with E-state index in [-0.39, 0.29) is 5.82 Å². The van der Waals surface area contributed by atoms with E-state index in [2.05, 4.69) is 12.1 Å². The molecule has 0 unspecified atom stereocenters. The van der Waals surface area contributed by atoms with Crippen LogP contribution < -0.4 is 0 Å². The van der Waals surface area contributed by atoms with Gasteiger partial charge in [0.15, 0.2) is 0 Å². The van der Waals surface area contributed by atoms with Crippen LogP contribution in [-0.2, 0) is 4.74 Å². The van der Waals surface area contributed by atoms with E-state index >= 15 is 0 Å². The van der Waals surface area contributed by atoms with Crippen LogP contribution in [0.15, 0.2) is 30.3 Å². The van der Waals surface area contributed by atoms with Gasteiger partial charge in [0.2, 0.25) is 0 Å². The van der Waals surface area contributed by atoms with Gasteiger partial charge in [0, 0.05) is 29.4 Å². The molecule has 5 heteroatoms. The van der Waals surface area contributed by atoms with Gasteiger partial charge in [-0.1, -0.05) is 11.6 Å². The average Bonchev–Trinajstić information content (AvgIpc) is 2.63. The predicted molar refractivity (Wildman–Crippen MR) is 102 cm³/mol. The minimum Gasteiger partial charge on any atom is -0.381 e. The molecule has 1 aromatic heterocycles. The van der Waals surface area contributed by atoms with E-state index < -0.39 is 0 Å². The molecule has 0 N–H and O–H groups in total. The van der Waals surface area contributed by atoms with Gasteiger partial charge in [-0.05, 0) is 68.5 Å². The van der Waals surface area contributed by atoms with Crippen LogP contribution in [0, 0.1) is 19.7 Å². The molecule has 1 fully saturated rings. The van der Waals surface area contributed by atoms with Gasteiger partial charge in [-0.15, -0.1) is 0 Å². The molecule has 0 spiro atoms. The molecular formula is C21H20ClFN2O. The van der Waals surface area contributed by atoms with Crippen LogP contribution in [0.5, 0.6) is 0 Å². The van der Waals surface area contributed by atoms with Crippen molar-refractivity contribution in [2.24, 2.45) is 0 Å². The molecule has 1 saturated heterocycles. The van der Waals surface area contributed by atoms with Crippen LogP contribution in [-0.4, -0.2) is 23.2 Å². The molecule has 3 aromatic rings. The summed E-state index contributed by atoms with van der Waals surface area (Å²) in [7, 11) is 0. The number of ether oxygens (including phenoxy) is 1. The Kier molecular flexibility index (Phi) is 4.63. The third-order valence-corrected chi connectivity index (χ3v) is 5.35. The molecule has 0 amide bonds. The van der Waals surface area contributed by atoms with Crippen LogP contribution in [0.2, 0.25) is 5.02 Å². The fourth-order valence-electron chi connectivity index (χ4n) is 3.53. The van der Waals surface area contributed by atoms with E-state index in [0.717, 1.165) is 54.0 Å². The Labute approximate surface area is 157 Å². The molecule has 2 aromatic carbocycles. The van der Waals surface area contributed by atoms with Crippen LogP contribution in [0.3, 0.4) is 0 Å². The summed E-state index contributed by atoms with van der Waals surface area (Å²) in [5.41, 5.74) is 5.73. The van der Waals surface area contributed by atoms with E-state index in [0.29, 0.717) is 16.5 Å². The highest BCUT2D eigenvalue weighted by molar-refractivity contribution is 6.30. The van der Waals surface area contributed by atoms with Gasteiger partial charge in [-0.25, -0.2) is 14.4 Å². The van der Waals surface area contributed by atoms with Crippen LogP contribution in [0.25, 0.3) is 22.2 Å². The Hall–Kier alpha value is -2.04. The number of rotatable bonds is 2. The zero-order valence-electron chi connectivity index (χ0n) is 14.9. The molecule has 0 atom stereocenters. The molecule has 0 radical (unpaired) electrons. The summed E-state index contributed by atoms with van der Waals surface area (Å²) < 4.78 is 20.2. The molecule has 1 aliphatic rings. The third-order valence-electron chi connectivity index (χ3n) is 5.12. The summed E-state index contributed by atoms with van der Waals surface area (Å²) in [5.74, 6) is 0.0497. The number of aryl methyl sites for hydroxylation is 2. The van der Waals surface area contributed by atoms with Gasteiger partial charge in [-0.2, -0.15) is 0 Å². The largest absolute Gasteiger partial charge is 0.381 e. The molecule has 0 saturated carbocycles. The van der Waals surface area contributed by atoms with Crippen molar-refractivity contribution in [2.75, 3.05) is 13.2 Å². The smallest absolute Gasteiger partial charge is 0.132 e. The van der Waals surface area contributed by atoms with E-state index in [1.807, 2.05) is 13.8 Å². The molecule has 26 heavy (non-hydrogen) atoms. The quantitative estimate of drug-likeness (QED) is 0.589. The van der Waals surface area contributed by atoms with E-state index in [4.69, 9.17) is 26.3 Å². The molecule has 1 aliphatic heterocycles. The second kappa shape index (κ2) is 6.93. The fraction of sp³-hybridized carbons (Fsp3) is 0.333. The Morgan fingerprint density at radius 3 is 2.46 bits per heavy atom. The zero-order valence-corrected chi connectivity index (χ0v) is 15.6. The third kappa shape index (κ3) is 3.19. The molecule has 4 rings (SSSR count). The van der Waals surface area contributed by atoms with Crippen molar-refractivity contribution in [3.63, 3.8) is 0 Å². The van der Waals surface area contributed by atoms with Gasteiger partial charge in [0.05, 0.1) is 22.4 Å². The van der Waals surface area contributed by atoms with Crippen LogP contribution in [0.4, 0.5) is 4.39 Å². The van der Waals surface area contributed by atoms with Crippen LogP contribution >= 0.6 is 11.6 Å². The first-order valence-electron chi connectivity index (χ1n) is 8.85. The maximum atomic E-state index is 14.7. The highest BCUT2D eigenvalue weighted by atomic mass is 35.5. The van der Waals surface area contributed by atoms with Gasteiger partial charge in [0.1, 0.15) is 5.82 Å². The number of halogens is 2.